The number of hydrogen-bond donors (Lipinski definition) is 0. The number of para-hydroxylation sites is 6. The molecule has 4 heterocycles. The van der Waals surface area contributed by atoms with Crippen molar-refractivity contribution in [2.75, 3.05) is 13.3 Å². The van der Waals surface area contributed by atoms with Crippen molar-refractivity contribution in [2.24, 2.45) is 19.0 Å². The Bertz CT molecular complexity index is 7190. The molecule has 4 aliphatic heterocycles. The molecule has 128 heavy (non-hydrogen) atoms. The van der Waals surface area contributed by atoms with Crippen LogP contribution in [0.4, 0.5) is 22.7 Å². The zero-order chi connectivity index (χ0) is 87.0. The normalized spacial score (nSPS) is 14.0. The highest BCUT2D eigenvalue weighted by molar-refractivity contribution is 7.75. The second kappa shape index (κ2) is 35.8. The number of hydrogen-bond acceptors (Lipinski definition) is 14. The summed E-state index contributed by atoms with van der Waals surface area (Å²) < 4.78 is 64.9. The Kier molecular flexibility index (Phi) is 22.9. The van der Waals surface area contributed by atoms with E-state index < -0.39 is 29.6 Å². The van der Waals surface area contributed by atoms with Crippen LogP contribution >= 0.6 is 29.6 Å². The fourth-order valence-electron chi connectivity index (χ4n) is 15.9. The van der Waals surface area contributed by atoms with Crippen LogP contribution in [0.1, 0.15) is 66.8 Å². The van der Waals surface area contributed by atoms with E-state index in [0.717, 1.165) is 116 Å². The lowest BCUT2D eigenvalue weighted by atomic mass is 9.90. The summed E-state index contributed by atoms with van der Waals surface area (Å²) in [7, 11) is -12.2. The molecule has 0 bridgehead atoms. The summed E-state index contributed by atoms with van der Waals surface area (Å²) in [6, 6.07) is 139. The minimum Gasteiger partial charge on any atom is -0.427 e. The first-order valence-corrected chi connectivity index (χ1v) is 48.8. The van der Waals surface area contributed by atoms with E-state index in [-0.39, 0.29) is 0 Å². The molecule has 0 radical (unpaired) electrons. The third-order valence-corrected chi connectivity index (χ3v) is 31.4. The standard InChI is InChI=1S/C60H40N4O4P2.C50H36N4O2P2/c61-41-43-31-35-45(36-32-43)57-39-47-17-15-29-55(59(47)63-69(57,65-49-19-5-1-6-20-49)66-50-21-7-2-8-22-50)53-27-13-14-28-54(53)56-30-16-18-48-40-58(46-37-33-44(42-62)34-38-46)70(64-60(48)56,67-51-23-9-3-10-24-51)68-52-25-11-4-12-26-52;1-57(2)47(37-26-22-35(33-51)23-27-37)31-41-14-10-20-45(49(41)53-57)39-12-9-13-40(30-39)46-21-11-15-42-32-48(38-28-24-36(34-52)25-29-38)58(54-50(42)46,55-43-16-5-3-6-17-43)56-44-18-7-4-8-19-44/h1-40H;3-32H,1-2H3. The first kappa shape index (κ1) is 81.8. The van der Waals surface area contributed by atoms with Crippen LogP contribution < -0.4 is 27.1 Å². The van der Waals surface area contributed by atoms with Gasteiger partial charge in [0.15, 0.2) is 0 Å². The minimum atomic E-state index is -3.47. The molecule has 0 N–H and O–H groups in total. The van der Waals surface area contributed by atoms with Gasteiger partial charge < -0.3 is 27.1 Å². The molecule has 20 rings (SSSR count). The molecule has 14 nitrogen and oxygen atoms in total. The first-order chi connectivity index (χ1) is 62.8. The third kappa shape index (κ3) is 16.8. The zero-order valence-corrected chi connectivity index (χ0v) is 72.8. The SMILES string of the molecule is CP1(C)=Nc2c(cccc2-c2cccc(-c3cccc4c3N=P(Oc3ccccc3)(Oc3ccccc3)C(c3ccc(C#N)cc3)=C4)c2)C=C1c1ccc(C#N)cc1.N#Cc1ccc(C2=Cc3cccc(-c4ccccc4-c4cccc5c4N=P(Oc4ccccc4)(Oc4ccccc4)C(c4ccc(C#N)cc4)=C5)c3N=P2(Oc2ccccc2)Oc2ccccc2)cc1. The van der Waals surface area contributed by atoms with Crippen LogP contribution in [-0.2, 0) is 0 Å². The van der Waals surface area contributed by atoms with Gasteiger partial charge in [-0.25, -0.2) is 0 Å². The maximum absolute atomic E-state index is 9.74. The molecule has 0 spiro atoms. The highest BCUT2D eigenvalue weighted by atomic mass is 31.2. The Morgan fingerprint density at radius 3 is 0.695 bits per heavy atom. The Balaban J connectivity index is 0.000000170. The van der Waals surface area contributed by atoms with E-state index in [1.165, 1.54) is 5.31 Å². The second-order valence-electron chi connectivity index (χ2n) is 30.8. The van der Waals surface area contributed by atoms with Crippen LogP contribution in [0, 0.1) is 45.3 Å². The van der Waals surface area contributed by atoms with E-state index in [0.29, 0.717) is 68.1 Å². The van der Waals surface area contributed by atoms with Crippen LogP contribution in [-0.4, -0.2) is 13.3 Å². The predicted molar refractivity (Wildman–Crippen MR) is 521 cm³/mol. The molecular weight excluding hydrogens is 1650 g/mol. The third-order valence-electron chi connectivity index (χ3n) is 22.1. The number of fused-ring (bicyclic) bond motifs is 4. The monoisotopic (exact) mass is 1730 g/mol. The molecule has 0 aliphatic carbocycles. The highest BCUT2D eigenvalue weighted by Gasteiger charge is 2.41. The molecule has 0 saturated carbocycles. The molecule has 612 valence electrons. The molecule has 18 heteroatoms. The average Bonchev–Trinajstić information content (AvgIpc) is 0.731. The molecule has 0 atom stereocenters. The summed E-state index contributed by atoms with van der Waals surface area (Å²) in [4.78, 5) is 0. The lowest BCUT2D eigenvalue weighted by molar-refractivity contribution is 0.487. The number of nitrogens with zero attached hydrogens (tertiary/aromatic N) is 8. The van der Waals surface area contributed by atoms with Crippen molar-refractivity contribution >= 4 is 97.9 Å². The van der Waals surface area contributed by atoms with E-state index in [1.54, 1.807) is 24.3 Å². The van der Waals surface area contributed by atoms with Crippen LogP contribution in [0.3, 0.4) is 0 Å². The summed E-state index contributed by atoms with van der Waals surface area (Å²) in [5.74, 6) is 3.68. The molecule has 0 aromatic heterocycles. The van der Waals surface area contributed by atoms with Gasteiger partial charge in [-0.3, -0.25) is 4.74 Å². The van der Waals surface area contributed by atoms with Gasteiger partial charge in [-0.05, 0) is 215 Å². The van der Waals surface area contributed by atoms with E-state index in [4.69, 9.17) is 46.1 Å². The van der Waals surface area contributed by atoms with Crippen LogP contribution in [0.25, 0.3) is 90.1 Å². The minimum absolute atomic E-state index is 0.543. The van der Waals surface area contributed by atoms with Gasteiger partial charge in [-0.1, -0.05) is 273 Å². The van der Waals surface area contributed by atoms with Gasteiger partial charge in [0.2, 0.25) is 0 Å². The maximum Gasteiger partial charge on any atom is 0.352 e. The van der Waals surface area contributed by atoms with Crippen molar-refractivity contribution in [3.63, 3.8) is 0 Å². The molecule has 16 aromatic carbocycles. The first-order valence-electron chi connectivity index (χ1n) is 41.4. The molecule has 0 unspecified atom stereocenters. The van der Waals surface area contributed by atoms with E-state index in [1.807, 2.05) is 279 Å². The zero-order valence-electron chi connectivity index (χ0n) is 69.2. The average molecular weight is 1730 g/mol. The van der Waals surface area contributed by atoms with Crippen LogP contribution in [0.2, 0.25) is 0 Å². The quantitative estimate of drug-likeness (QED) is 0.0661. The van der Waals surface area contributed by atoms with Crippen LogP contribution in [0.5, 0.6) is 34.5 Å². The Hall–Kier alpha value is -15.8. The van der Waals surface area contributed by atoms with Crippen molar-refractivity contribution in [2.45, 2.75) is 0 Å². The molecular formula is C110H76N8O6P4. The van der Waals surface area contributed by atoms with Gasteiger partial charge in [-0.15, -0.1) is 0 Å². The number of rotatable bonds is 20. The predicted octanol–water partition coefficient (Wildman–Crippen LogP) is 32.1. The lowest BCUT2D eigenvalue weighted by Gasteiger charge is -2.32. The van der Waals surface area contributed by atoms with E-state index >= 15 is 0 Å². The van der Waals surface area contributed by atoms with Crippen molar-refractivity contribution < 1.29 is 27.1 Å². The highest BCUT2D eigenvalue weighted by Crippen LogP contribution is 2.72. The van der Waals surface area contributed by atoms with Gasteiger partial charge in [-0.2, -0.15) is 35.3 Å². The number of benzene rings is 16. The van der Waals surface area contributed by atoms with Gasteiger partial charge in [0.05, 0.1) is 85.2 Å². The fourth-order valence-corrected chi connectivity index (χ4v) is 25.5. The molecule has 0 saturated heterocycles. The van der Waals surface area contributed by atoms with E-state index in [9.17, 15) is 21.0 Å². The summed E-state index contributed by atoms with van der Waals surface area (Å²) in [5, 5.41) is 42.0. The molecule has 4 aliphatic rings. The Morgan fingerprint density at radius 1 is 0.203 bits per heavy atom. The largest absolute Gasteiger partial charge is 0.427 e. The molecule has 16 aromatic rings. The number of nitriles is 4. The molecule has 0 amide bonds. The van der Waals surface area contributed by atoms with Crippen molar-refractivity contribution in [1.82, 2.24) is 0 Å². The van der Waals surface area contributed by atoms with Gasteiger partial charge in [0.1, 0.15) is 34.5 Å². The van der Waals surface area contributed by atoms with Crippen molar-refractivity contribution in [1.29, 1.82) is 21.0 Å². The molecule has 0 fully saturated rings. The van der Waals surface area contributed by atoms with E-state index in [2.05, 4.69) is 159 Å². The Labute approximate surface area is 743 Å². The summed E-state index contributed by atoms with van der Waals surface area (Å²) in [5.41, 5.74) is 20.5. The Morgan fingerprint density at radius 2 is 0.422 bits per heavy atom. The summed E-state index contributed by atoms with van der Waals surface area (Å²) >= 11 is 0. The lowest BCUT2D eigenvalue weighted by Crippen LogP contribution is -2.07. The summed E-state index contributed by atoms with van der Waals surface area (Å²) in [6.07, 6.45) is 8.64. The second-order valence-corrected chi connectivity index (χ2v) is 40.5. The summed E-state index contributed by atoms with van der Waals surface area (Å²) in [6.45, 7) is 4.49. The van der Waals surface area contributed by atoms with Gasteiger partial charge in [0, 0.05) is 51.6 Å². The topological polar surface area (TPSA) is 200 Å². The van der Waals surface area contributed by atoms with Gasteiger partial charge >= 0.3 is 22.5 Å². The fraction of sp³-hybridized carbons (Fsp3) is 0.0182. The van der Waals surface area contributed by atoms with Gasteiger partial charge in [0.25, 0.3) is 0 Å². The van der Waals surface area contributed by atoms with Crippen molar-refractivity contribution in [3.05, 3.63) is 467 Å². The maximum atomic E-state index is 9.74. The van der Waals surface area contributed by atoms with Crippen molar-refractivity contribution in [3.8, 4) is 103 Å². The van der Waals surface area contributed by atoms with Crippen LogP contribution in [0.15, 0.2) is 419 Å². The smallest absolute Gasteiger partial charge is 0.352 e.